The van der Waals surface area contributed by atoms with Crippen molar-refractivity contribution in [2.24, 2.45) is 0 Å². The Morgan fingerprint density at radius 3 is 2.54 bits per heavy atom. The molecule has 0 aliphatic carbocycles. The quantitative estimate of drug-likeness (QED) is 0.919. The molecular weight excluding hydrogens is 308 g/mol. The highest BCUT2D eigenvalue weighted by atomic mass is 16.7. The van der Waals surface area contributed by atoms with Crippen LogP contribution in [0.15, 0.2) is 30.3 Å². The Balaban J connectivity index is 2.08. The van der Waals surface area contributed by atoms with Gasteiger partial charge in [0.2, 0.25) is 0 Å². The van der Waals surface area contributed by atoms with Crippen LogP contribution in [0, 0.1) is 0 Å². The maximum absolute atomic E-state index is 12.7. The summed E-state index contributed by atoms with van der Waals surface area (Å²) < 4.78 is 5.28. The van der Waals surface area contributed by atoms with Crippen molar-refractivity contribution in [1.29, 1.82) is 0 Å². The van der Waals surface area contributed by atoms with Gasteiger partial charge in [-0.3, -0.25) is 9.63 Å². The van der Waals surface area contributed by atoms with E-state index in [9.17, 15) is 9.59 Å². The summed E-state index contributed by atoms with van der Waals surface area (Å²) in [6, 6.07) is 8.85. The Labute approximate surface area is 143 Å². The molecule has 6 heteroatoms. The molecule has 6 nitrogen and oxygen atoms in total. The predicted octanol–water partition coefficient (Wildman–Crippen LogP) is 2.68. The predicted molar refractivity (Wildman–Crippen MR) is 90.2 cm³/mol. The van der Waals surface area contributed by atoms with Gasteiger partial charge in [0.25, 0.3) is 5.91 Å². The van der Waals surface area contributed by atoms with E-state index in [1.807, 2.05) is 30.3 Å². The molecule has 0 unspecified atom stereocenters. The van der Waals surface area contributed by atoms with Crippen LogP contribution >= 0.6 is 0 Å². The lowest BCUT2D eigenvalue weighted by Gasteiger charge is -2.30. The number of hydrogen-bond donors (Lipinski definition) is 1. The van der Waals surface area contributed by atoms with Crippen molar-refractivity contribution in [3.05, 3.63) is 35.9 Å². The molecule has 2 amide bonds. The van der Waals surface area contributed by atoms with Crippen molar-refractivity contribution in [3.63, 3.8) is 0 Å². The van der Waals surface area contributed by atoms with Gasteiger partial charge in [0, 0.05) is 13.0 Å². The van der Waals surface area contributed by atoms with Gasteiger partial charge in [-0.05, 0) is 39.2 Å². The summed E-state index contributed by atoms with van der Waals surface area (Å²) in [6.45, 7) is 6.42. The van der Waals surface area contributed by atoms with Crippen molar-refractivity contribution < 1.29 is 19.2 Å². The van der Waals surface area contributed by atoms with Gasteiger partial charge in [-0.25, -0.2) is 9.86 Å². The zero-order valence-electron chi connectivity index (χ0n) is 14.6. The first-order chi connectivity index (χ1) is 11.3. The van der Waals surface area contributed by atoms with E-state index in [2.05, 4.69) is 5.32 Å². The maximum Gasteiger partial charge on any atom is 0.408 e. The fourth-order valence-electron chi connectivity index (χ4n) is 2.44. The minimum Gasteiger partial charge on any atom is -0.444 e. The molecule has 0 spiro atoms. The summed E-state index contributed by atoms with van der Waals surface area (Å²) >= 11 is 0. The Kier molecular flexibility index (Phi) is 6.20. The number of nitrogens with one attached hydrogen (secondary N) is 1. The topological polar surface area (TPSA) is 67.9 Å². The second-order valence-electron chi connectivity index (χ2n) is 6.87. The number of benzene rings is 1. The molecule has 1 heterocycles. The number of carbonyl (C=O) groups is 2. The first-order valence-electron chi connectivity index (χ1n) is 8.33. The van der Waals surface area contributed by atoms with Crippen LogP contribution in [0.4, 0.5) is 4.79 Å². The van der Waals surface area contributed by atoms with Crippen LogP contribution < -0.4 is 5.32 Å². The molecule has 132 valence electrons. The number of alkyl carbamates (subject to hydrolysis) is 1. The Morgan fingerprint density at radius 2 is 1.96 bits per heavy atom. The summed E-state index contributed by atoms with van der Waals surface area (Å²) in [5.41, 5.74) is 0.343. The molecule has 0 saturated carbocycles. The number of hydrogen-bond acceptors (Lipinski definition) is 4. The lowest BCUT2D eigenvalue weighted by atomic mass is 10.1. The van der Waals surface area contributed by atoms with Crippen molar-refractivity contribution in [3.8, 4) is 0 Å². The minimum absolute atomic E-state index is 0.246. The van der Waals surface area contributed by atoms with Crippen molar-refractivity contribution in [2.75, 3.05) is 13.2 Å². The van der Waals surface area contributed by atoms with Gasteiger partial charge < -0.3 is 10.1 Å². The zero-order chi connectivity index (χ0) is 17.6. The molecule has 1 saturated heterocycles. The zero-order valence-corrected chi connectivity index (χ0v) is 14.6. The van der Waals surface area contributed by atoms with Crippen LogP contribution in [0.5, 0.6) is 0 Å². The summed E-state index contributed by atoms with van der Waals surface area (Å²) in [4.78, 5) is 30.3. The summed E-state index contributed by atoms with van der Waals surface area (Å²) in [5, 5.41) is 4.04. The number of amides is 2. The van der Waals surface area contributed by atoms with E-state index >= 15 is 0 Å². The third-order valence-electron chi connectivity index (χ3n) is 3.52. The van der Waals surface area contributed by atoms with E-state index in [0.717, 1.165) is 18.4 Å². The van der Waals surface area contributed by atoms with E-state index in [0.29, 0.717) is 19.6 Å². The standard InChI is InChI=1S/C18H26N2O4/c1-18(2,3)24-17(22)19-15(13-14-9-5-4-6-10-14)16(21)20-11-7-8-12-23-20/h4-6,9-10,15H,7-8,11-13H2,1-3H3,(H,19,22)/t15-/m0/s1. The fourth-order valence-corrected chi connectivity index (χ4v) is 2.44. The van der Waals surface area contributed by atoms with Crippen molar-refractivity contribution in [2.45, 2.75) is 51.7 Å². The molecule has 0 bridgehead atoms. The Morgan fingerprint density at radius 1 is 1.25 bits per heavy atom. The highest BCUT2D eigenvalue weighted by Crippen LogP contribution is 2.13. The van der Waals surface area contributed by atoms with Gasteiger partial charge in [0.15, 0.2) is 0 Å². The van der Waals surface area contributed by atoms with Crippen LogP contribution in [0.2, 0.25) is 0 Å². The first-order valence-corrected chi connectivity index (χ1v) is 8.33. The summed E-state index contributed by atoms with van der Waals surface area (Å²) in [5.74, 6) is -0.246. The molecule has 2 rings (SSSR count). The largest absolute Gasteiger partial charge is 0.444 e. The molecule has 1 aliphatic rings. The van der Waals surface area contributed by atoms with Crippen LogP contribution in [0.1, 0.15) is 39.2 Å². The number of nitrogens with zero attached hydrogens (tertiary/aromatic N) is 1. The van der Waals surface area contributed by atoms with Gasteiger partial charge >= 0.3 is 6.09 Å². The van der Waals surface area contributed by atoms with Gasteiger partial charge in [-0.15, -0.1) is 0 Å². The molecular formula is C18H26N2O4. The van der Waals surface area contributed by atoms with Gasteiger partial charge in [-0.1, -0.05) is 30.3 Å². The lowest BCUT2D eigenvalue weighted by Crippen LogP contribution is -2.51. The fraction of sp³-hybridized carbons (Fsp3) is 0.556. The number of rotatable bonds is 4. The molecule has 0 aromatic heterocycles. The van der Waals surface area contributed by atoms with E-state index in [1.165, 1.54) is 5.06 Å². The molecule has 1 atom stereocenters. The third-order valence-corrected chi connectivity index (χ3v) is 3.52. The van der Waals surface area contributed by atoms with Crippen LogP contribution in [0.25, 0.3) is 0 Å². The second-order valence-corrected chi connectivity index (χ2v) is 6.87. The van der Waals surface area contributed by atoms with E-state index in [-0.39, 0.29) is 5.91 Å². The van der Waals surface area contributed by atoms with E-state index in [4.69, 9.17) is 9.57 Å². The molecule has 1 aromatic rings. The van der Waals surface area contributed by atoms with Gasteiger partial charge in [0.05, 0.1) is 6.61 Å². The first kappa shape index (κ1) is 18.3. The van der Waals surface area contributed by atoms with Crippen LogP contribution in [-0.2, 0) is 20.8 Å². The summed E-state index contributed by atoms with van der Waals surface area (Å²) in [7, 11) is 0. The maximum atomic E-state index is 12.7. The lowest BCUT2D eigenvalue weighted by molar-refractivity contribution is -0.199. The monoisotopic (exact) mass is 334 g/mol. The SMILES string of the molecule is CC(C)(C)OC(=O)N[C@@H](Cc1ccccc1)C(=O)N1CCCCO1. The minimum atomic E-state index is -0.722. The van der Waals surface area contributed by atoms with Crippen molar-refractivity contribution in [1.82, 2.24) is 10.4 Å². The number of ether oxygens (including phenoxy) is 1. The normalized spacial score (nSPS) is 16.4. The third kappa shape index (κ3) is 5.85. The summed E-state index contributed by atoms with van der Waals surface area (Å²) in [6.07, 6.45) is 1.62. The number of carbonyl (C=O) groups excluding carboxylic acids is 2. The van der Waals surface area contributed by atoms with Gasteiger partial charge in [-0.2, -0.15) is 0 Å². The average Bonchev–Trinajstić information content (AvgIpc) is 2.53. The smallest absolute Gasteiger partial charge is 0.408 e. The second kappa shape index (κ2) is 8.15. The Hall–Kier alpha value is -2.08. The van der Waals surface area contributed by atoms with Crippen LogP contribution in [-0.4, -0.2) is 41.9 Å². The molecule has 1 fully saturated rings. The highest BCUT2D eigenvalue weighted by molar-refractivity contribution is 5.85. The Bertz CT molecular complexity index is 548. The molecule has 0 radical (unpaired) electrons. The van der Waals surface area contributed by atoms with Crippen molar-refractivity contribution >= 4 is 12.0 Å². The van der Waals surface area contributed by atoms with Gasteiger partial charge in [0.1, 0.15) is 11.6 Å². The average molecular weight is 334 g/mol. The highest BCUT2D eigenvalue weighted by Gasteiger charge is 2.29. The number of hydroxylamine groups is 2. The molecule has 1 aliphatic heterocycles. The molecule has 1 N–H and O–H groups in total. The van der Waals surface area contributed by atoms with Crippen LogP contribution in [0.3, 0.4) is 0 Å². The molecule has 1 aromatic carbocycles. The van der Waals surface area contributed by atoms with E-state index in [1.54, 1.807) is 20.8 Å². The molecule has 24 heavy (non-hydrogen) atoms. The van der Waals surface area contributed by atoms with E-state index < -0.39 is 17.7 Å².